The Labute approximate surface area is 130 Å². The van der Waals surface area contributed by atoms with Gasteiger partial charge in [0.05, 0.1) is 5.02 Å². The lowest BCUT2D eigenvalue weighted by Crippen LogP contribution is -2.13. The monoisotopic (exact) mass is 306 g/mol. The second kappa shape index (κ2) is 6.48. The van der Waals surface area contributed by atoms with Gasteiger partial charge < -0.3 is 4.74 Å². The van der Waals surface area contributed by atoms with E-state index in [4.69, 9.17) is 16.3 Å². The van der Waals surface area contributed by atoms with E-state index in [1.165, 1.54) is 17.7 Å². The molecule has 0 heterocycles. The standard InChI is InChI=1S/C18H20ClFO/c1-4-18(2,3)12-13-5-10-16(19)17(11-13)21-15-8-6-14(20)7-9-15/h5-11H,4,12H2,1-3H3. The molecule has 2 rings (SSSR count). The van der Waals surface area contributed by atoms with Crippen LogP contribution in [0.2, 0.25) is 5.02 Å². The van der Waals surface area contributed by atoms with E-state index in [0.717, 1.165) is 12.8 Å². The van der Waals surface area contributed by atoms with Crippen molar-refractivity contribution in [2.75, 3.05) is 0 Å². The van der Waals surface area contributed by atoms with Crippen molar-refractivity contribution in [3.05, 3.63) is 58.9 Å². The molecule has 0 aliphatic rings. The van der Waals surface area contributed by atoms with Gasteiger partial charge in [-0.15, -0.1) is 0 Å². The summed E-state index contributed by atoms with van der Waals surface area (Å²) in [6.45, 7) is 6.66. The van der Waals surface area contributed by atoms with Crippen LogP contribution in [0.15, 0.2) is 42.5 Å². The van der Waals surface area contributed by atoms with Gasteiger partial charge in [0.15, 0.2) is 0 Å². The Hall–Kier alpha value is -1.54. The topological polar surface area (TPSA) is 9.23 Å². The first kappa shape index (κ1) is 15.8. The third-order valence-electron chi connectivity index (χ3n) is 3.68. The van der Waals surface area contributed by atoms with Gasteiger partial charge in [0.1, 0.15) is 17.3 Å². The van der Waals surface area contributed by atoms with Gasteiger partial charge in [0.25, 0.3) is 0 Å². The molecule has 0 radical (unpaired) electrons. The maximum absolute atomic E-state index is 12.9. The molecule has 0 aliphatic heterocycles. The minimum absolute atomic E-state index is 0.237. The number of hydrogen-bond donors (Lipinski definition) is 0. The highest BCUT2D eigenvalue weighted by Crippen LogP contribution is 2.33. The molecule has 0 N–H and O–H groups in total. The van der Waals surface area contributed by atoms with Crippen LogP contribution in [-0.2, 0) is 6.42 Å². The predicted octanol–water partition coefficient (Wildman–Crippen LogP) is 6.25. The molecule has 0 atom stereocenters. The minimum Gasteiger partial charge on any atom is -0.456 e. The maximum Gasteiger partial charge on any atom is 0.146 e. The molecular formula is C18H20ClFO. The molecule has 112 valence electrons. The number of halogens is 2. The summed E-state index contributed by atoms with van der Waals surface area (Å²) in [4.78, 5) is 0. The lowest BCUT2D eigenvalue weighted by Gasteiger charge is -2.23. The van der Waals surface area contributed by atoms with E-state index >= 15 is 0 Å². The quantitative estimate of drug-likeness (QED) is 0.634. The zero-order chi connectivity index (χ0) is 15.5. The van der Waals surface area contributed by atoms with Crippen LogP contribution in [-0.4, -0.2) is 0 Å². The maximum atomic E-state index is 12.9. The van der Waals surface area contributed by atoms with Crippen molar-refractivity contribution in [1.29, 1.82) is 0 Å². The number of benzene rings is 2. The molecule has 0 unspecified atom stereocenters. The van der Waals surface area contributed by atoms with Gasteiger partial charge in [0.2, 0.25) is 0 Å². The van der Waals surface area contributed by atoms with Crippen molar-refractivity contribution in [2.24, 2.45) is 5.41 Å². The Morgan fingerprint density at radius 3 is 2.38 bits per heavy atom. The predicted molar refractivity (Wildman–Crippen MR) is 85.7 cm³/mol. The largest absolute Gasteiger partial charge is 0.456 e. The van der Waals surface area contributed by atoms with Gasteiger partial charge in [0, 0.05) is 0 Å². The normalized spacial score (nSPS) is 11.5. The van der Waals surface area contributed by atoms with Gasteiger partial charge in [-0.05, 0) is 53.8 Å². The lowest BCUT2D eigenvalue weighted by molar-refractivity contribution is 0.348. The summed E-state index contributed by atoms with van der Waals surface area (Å²) in [6.07, 6.45) is 2.06. The van der Waals surface area contributed by atoms with Crippen molar-refractivity contribution < 1.29 is 9.13 Å². The lowest BCUT2D eigenvalue weighted by atomic mass is 9.83. The molecule has 2 aromatic carbocycles. The molecule has 0 saturated heterocycles. The van der Waals surface area contributed by atoms with E-state index in [1.807, 2.05) is 18.2 Å². The van der Waals surface area contributed by atoms with Gasteiger partial charge in [-0.3, -0.25) is 0 Å². The average molecular weight is 307 g/mol. The Balaban J connectivity index is 2.21. The molecule has 0 aliphatic carbocycles. The first-order valence-electron chi connectivity index (χ1n) is 7.11. The third-order valence-corrected chi connectivity index (χ3v) is 3.99. The van der Waals surface area contributed by atoms with Crippen molar-refractivity contribution in [3.63, 3.8) is 0 Å². The molecule has 0 fully saturated rings. The molecule has 0 spiro atoms. The highest BCUT2D eigenvalue weighted by atomic mass is 35.5. The van der Waals surface area contributed by atoms with Gasteiger partial charge >= 0.3 is 0 Å². The van der Waals surface area contributed by atoms with Gasteiger partial charge in [-0.25, -0.2) is 4.39 Å². The van der Waals surface area contributed by atoms with Crippen molar-refractivity contribution in [1.82, 2.24) is 0 Å². The summed E-state index contributed by atoms with van der Waals surface area (Å²) in [5, 5.41) is 0.553. The van der Waals surface area contributed by atoms with Crippen LogP contribution in [0.5, 0.6) is 11.5 Å². The fraction of sp³-hybridized carbons (Fsp3) is 0.333. The number of ether oxygens (including phenoxy) is 1. The minimum atomic E-state index is -0.285. The van der Waals surface area contributed by atoms with E-state index in [-0.39, 0.29) is 11.2 Å². The molecule has 21 heavy (non-hydrogen) atoms. The molecular weight excluding hydrogens is 287 g/mol. The Morgan fingerprint density at radius 2 is 1.76 bits per heavy atom. The van der Waals surface area contributed by atoms with Crippen molar-refractivity contribution in [2.45, 2.75) is 33.6 Å². The van der Waals surface area contributed by atoms with Crippen LogP contribution < -0.4 is 4.74 Å². The van der Waals surface area contributed by atoms with Crippen LogP contribution in [0.4, 0.5) is 4.39 Å². The summed E-state index contributed by atoms with van der Waals surface area (Å²) in [7, 11) is 0. The van der Waals surface area contributed by atoms with Crippen LogP contribution in [0.25, 0.3) is 0 Å². The summed E-state index contributed by atoms with van der Waals surface area (Å²) in [6, 6.07) is 11.8. The smallest absolute Gasteiger partial charge is 0.146 e. The first-order valence-corrected chi connectivity index (χ1v) is 7.49. The molecule has 0 aromatic heterocycles. The van der Waals surface area contributed by atoms with Crippen molar-refractivity contribution in [3.8, 4) is 11.5 Å². The second-order valence-electron chi connectivity index (χ2n) is 6.02. The molecule has 2 aromatic rings. The Kier molecular flexibility index (Phi) is 4.89. The van der Waals surface area contributed by atoms with Crippen LogP contribution in [0, 0.1) is 11.2 Å². The Bertz CT molecular complexity index is 605. The van der Waals surface area contributed by atoms with E-state index in [2.05, 4.69) is 20.8 Å². The zero-order valence-electron chi connectivity index (χ0n) is 12.6. The van der Waals surface area contributed by atoms with Crippen LogP contribution >= 0.6 is 11.6 Å². The van der Waals surface area contributed by atoms with E-state index < -0.39 is 0 Å². The summed E-state index contributed by atoms with van der Waals surface area (Å²) >= 11 is 6.18. The van der Waals surface area contributed by atoms with E-state index in [9.17, 15) is 4.39 Å². The summed E-state index contributed by atoms with van der Waals surface area (Å²) in [5.41, 5.74) is 1.42. The average Bonchev–Trinajstić information content (AvgIpc) is 2.45. The zero-order valence-corrected chi connectivity index (χ0v) is 13.4. The fourth-order valence-corrected chi connectivity index (χ4v) is 2.20. The third kappa shape index (κ3) is 4.47. The summed E-state index contributed by atoms with van der Waals surface area (Å²) in [5.74, 6) is 0.893. The van der Waals surface area contributed by atoms with E-state index in [0.29, 0.717) is 16.5 Å². The van der Waals surface area contributed by atoms with Crippen LogP contribution in [0.3, 0.4) is 0 Å². The molecule has 0 bridgehead atoms. The Morgan fingerprint density at radius 1 is 1.10 bits per heavy atom. The number of rotatable bonds is 5. The first-order chi connectivity index (χ1) is 9.89. The van der Waals surface area contributed by atoms with E-state index in [1.54, 1.807) is 12.1 Å². The van der Waals surface area contributed by atoms with Gasteiger partial charge in [-0.2, -0.15) is 0 Å². The number of hydrogen-bond acceptors (Lipinski definition) is 1. The molecule has 0 saturated carbocycles. The van der Waals surface area contributed by atoms with Crippen LogP contribution in [0.1, 0.15) is 32.8 Å². The molecule has 1 nitrogen and oxygen atoms in total. The highest BCUT2D eigenvalue weighted by molar-refractivity contribution is 6.32. The molecule has 0 amide bonds. The fourth-order valence-electron chi connectivity index (χ4n) is 2.04. The van der Waals surface area contributed by atoms with Gasteiger partial charge in [-0.1, -0.05) is 44.9 Å². The second-order valence-corrected chi connectivity index (χ2v) is 6.42. The summed E-state index contributed by atoms with van der Waals surface area (Å²) < 4.78 is 18.7. The van der Waals surface area contributed by atoms with Crippen molar-refractivity contribution >= 4 is 11.6 Å². The highest BCUT2D eigenvalue weighted by Gasteiger charge is 2.16. The SMILES string of the molecule is CCC(C)(C)Cc1ccc(Cl)c(Oc2ccc(F)cc2)c1. The molecule has 3 heteroatoms.